The van der Waals surface area contributed by atoms with E-state index in [1.165, 1.54) is 0 Å². The Balaban J connectivity index is 2.49. The van der Waals surface area contributed by atoms with Crippen molar-refractivity contribution in [2.75, 3.05) is 0 Å². The molecule has 15 heavy (non-hydrogen) atoms. The van der Waals surface area contributed by atoms with Gasteiger partial charge >= 0.3 is 5.97 Å². The third kappa shape index (κ3) is 1.85. The van der Waals surface area contributed by atoms with E-state index >= 15 is 0 Å². The van der Waals surface area contributed by atoms with Crippen molar-refractivity contribution in [1.29, 1.82) is 0 Å². The molecule has 0 aliphatic carbocycles. The zero-order valence-corrected chi connectivity index (χ0v) is 8.23. The number of carboxylic acid groups (broad SMARTS) is 1. The van der Waals surface area contributed by atoms with E-state index in [1.54, 1.807) is 24.3 Å². The summed E-state index contributed by atoms with van der Waals surface area (Å²) in [7, 11) is 0. The molecule has 1 heterocycles. The maximum absolute atomic E-state index is 10.8. The molecule has 0 radical (unpaired) electrons. The Kier molecular flexibility index (Phi) is 2.43. The van der Waals surface area contributed by atoms with Gasteiger partial charge in [-0.1, -0.05) is 23.7 Å². The molecule has 1 N–H and O–H groups in total. The average Bonchev–Trinajstić information content (AvgIpc) is 2.67. The zero-order chi connectivity index (χ0) is 10.8. The summed E-state index contributed by atoms with van der Waals surface area (Å²) < 4.78 is 4.77. The van der Waals surface area contributed by atoms with Crippen molar-refractivity contribution < 1.29 is 14.3 Å². The number of hydrogen-bond acceptors (Lipinski definition) is 3. The third-order valence-corrected chi connectivity index (χ3v) is 2.13. The van der Waals surface area contributed by atoms with Gasteiger partial charge in [0, 0.05) is 10.6 Å². The zero-order valence-electron chi connectivity index (χ0n) is 7.48. The van der Waals surface area contributed by atoms with E-state index in [4.69, 9.17) is 21.1 Å². The fourth-order valence-electron chi connectivity index (χ4n) is 1.21. The molecule has 5 heteroatoms. The molecule has 76 valence electrons. The van der Waals surface area contributed by atoms with E-state index in [0.717, 1.165) is 6.39 Å². The summed E-state index contributed by atoms with van der Waals surface area (Å²) in [4.78, 5) is 14.6. The Morgan fingerprint density at radius 2 is 2.00 bits per heavy atom. The van der Waals surface area contributed by atoms with Gasteiger partial charge in [0.2, 0.25) is 5.76 Å². The van der Waals surface area contributed by atoms with E-state index in [-0.39, 0.29) is 5.76 Å². The summed E-state index contributed by atoms with van der Waals surface area (Å²) in [6.45, 7) is 0. The number of aromatic nitrogens is 1. The molecule has 1 aromatic carbocycles. The number of hydrogen-bond donors (Lipinski definition) is 1. The Morgan fingerprint density at radius 1 is 1.33 bits per heavy atom. The Labute approximate surface area is 90.1 Å². The van der Waals surface area contributed by atoms with Gasteiger partial charge in [0.05, 0.1) is 0 Å². The predicted molar refractivity (Wildman–Crippen MR) is 53.9 cm³/mol. The fourth-order valence-corrected chi connectivity index (χ4v) is 1.34. The first kappa shape index (κ1) is 9.73. The molecule has 4 nitrogen and oxygen atoms in total. The molecule has 0 fully saturated rings. The molecule has 0 spiro atoms. The summed E-state index contributed by atoms with van der Waals surface area (Å²) in [5.74, 6) is -1.31. The average molecular weight is 224 g/mol. The van der Waals surface area contributed by atoms with Crippen LogP contribution in [0.1, 0.15) is 10.6 Å². The summed E-state index contributed by atoms with van der Waals surface area (Å²) in [6, 6.07) is 6.70. The van der Waals surface area contributed by atoms with Gasteiger partial charge in [-0.05, 0) is 12.1 Å². The second-order valence-electron chi connectivity index (χ2n) is 2.84. The van der Waals surface area contributed by atoms with Crippen molar-refractivity contribution in [2.24, 2.45) is 0 Å². The second-order valence-corrected chi connectivity index (χ2v) is 3.28. The van der Waals surface area contributed by atoms with Gasteiger partial charge in [-0.15, -0.1) is 0 Å². The molecular weight excluding hydrogens is 218 g/mol. The number of benzene rings is 1. The van der Waals surface area contributed by atoms with E-state index in [0.29, 0.717) is 16.3 Å². The molecule has 0 bridgehead atoms. The first-order chi connectivity index (χ1) is 7.18. The monoisotopic (exact) mass is 223 g/mol. The highest BCUT2D eigenvalue weighted by molar-refractivity contribution is 6.30. The second kappa shape index (κ2) is 3.74. The molecule has 0 atom stereocenters. The lowest BCUT2D eigenvalue weighted by molar-refractivity contribution is 0.0663. The molecule has 0 saturated heterocycles. The van der Waals surface area contributed by atoms with Crippen molar-refractivity contribution in [3.8, 4) is 11.3 Å². The summed E-state index contributed by atoms with van der Waals surface area (Å²) in [5, 5.41) is 9.39. The van der Waals surface area contributed by atoms with Crippen molar-refractivity contribution in [2.45, 2.75) is 0 Å². The molecule has 2 aromatic rings. The van der Waals surface area contributed by atoms with Crippen LogP contribution in [0.5, 0.6) is 0 Å². The van der Waals surface area contributed by atoms with Crippen LogP contribution in [0, 0.1) is 0 Å². The first-order valence-electron chi connectivity index (χ1n) is 4.11. The highest BCUT2D eigenvalue weighted by Gasteiger charge is 2.16. The van der Waals surface area contributed by atoms with Gasteiger partial charge in [-0.2, -0.15) is 0 Å². The van der Waals surface area contributed by atoms with Gasteiger partial charge in [-0.3, -0.25) is 0 Å². The van der Waals surface area contributed by atoms with Crippen LogP contribution in [0.25, 0.3) is 11.3 Å². The van der Waals surface area contributed by atoms with Crippen LogP contribution in [-0.4, -0.2) is 16.1 Å². The SMILES string of the molecule is O=C(O)c1ocnc1-c1ccc(Cl)cc1. The standard InChI is InChI=1S/C10H6ClNO3/c11-7-3-1-6(2-4-7)8-9(10(13)14)15-5-12-8/h1-5H,(H,13,14). The molecule has 0 saturated carbocycles. The number of rotatable bonds is 2. The minimum Gasteiger partial charge on any atom is -0.475 e. The fraction of sp³-hybridized carbons (Fsp3) is 0. The number of halogens is 1. The molecule has 2 rings (SSSR count). The normalized spacial score (nSPS) is 10.2. The van der Waals surface area contributed by atoms with Crippen LogP contribution in [0.15, 0.2) is 35.1 Å². The molecule has 0 aliphatic rings. The lowest BCUT2D eigenvalue weighted by Crippen LogP contribution is -1.96. The molecule has 0 aliphatic heterocycles. The third-order valence-electron chi connectivity index (χ3n) is 1.88. The van der Waals surface area contributed by atoms with Crippen LogP contribution >= 0.6 is 11.6 Å². The number of carbonyl (C=O) groups is 1. The van der Waals surface area contributed by atoms with Gasteiger partial charge in [0.25, 0.3) is 0 Å². The minimum absolute atomic E-state index is 0.169. The van der Waals surface area contributed by atoms with Crippen LogP contribution < -0.4 is 0 Å². The highest BCUT2D eigenvalue weighted by atomic mass is 35.5. The van der Waals surface area contributed by atoms with E-state index in [2.05, 4.69) is 4.98 Å². The highest BCUT2D eigenvalue weighted by Crippen LogP contribution is 2.23. The van der Waals surface area contributed by atoms with Gasteiger partial charge in [-0.25, -0.2) is 9.78 Å². The Hall–Kier alpha value is -1.81. The smallest absolute Gasteiger partial charge is 0.374 e. The van der Waals surface area contributed by atoms with Gasteiger partial charge in [0.1, 0.15) is 5.69 Å². The van der Waals surface area contributed by atoms with Crippen molar-refractivity contribution in [3.05, 3.63) is 41.4 Å². The van der Waals surface area contributed by atoms with E-state index in [1.807, 2.05) is 0 Å². The van der Waals surface area contributed by atoms with Gasteiger partial charge in [0.15, 0.2) is 6.39 Å². The van der Waals surface area contributed by atoms with Crippen LogP contribution in [0.4, 0.5) is 0 Å². The van der Waals surface area contributed by atoms with E-state index in [9.17, 15) is 4.79 Å². The van der Waals surface area contributed by atoms with Crippen LogP contribution in [0.3, 0.4) is 0 Å². The largest absolute Gasteiger partial charge is 0.475 e. The van der Waals surface area contributed by atoms with E-state index < -0.39 is 5.97 Å². The number of oxazole rings is 1. The Bertz CT molecular complexity index is 490. The molecule has 0 amide bonds. The molecular formula is C10H6ClNO3. The quantitative estimate of drug-likeness (QED) is 0.850. The summed E-state index contributed by atoms with van der Waals surface area (Å²) in [6.07, 6.45) is 1.10. The number of nitrogens with zero attached hydrogens (tertiary/aromatic N) is 1. The topological polar surface area (TPSA) is 63.3 Å². The maximum Gasteiger partial charge on any atom is 0.374 e. The first-order valence-corrected chi connectivity index (χ1v) is 4.49. The summed E-state index contributed by atoms with van der Waals surface area (Å²) >= 11 is 5.72. The van der Waals surface area contributed by atoms with Crippen molar-refractivity contribution >= 4 is 17.6 Å². The summed E-state index contributed by atoms with van der Waals surface area (Å²) in [5.41, 5.74) is 0.963. The lowest BCUT2D eigenvalue weighted by atomic mass is 10.1. The predicted octanol–water partition coefficient (Wildman–Crippen LogP) is 2.69. The maximum atomic E-state index is 10.8. The minimum atomic E-state index is -1.14. The number of carboxylic acids is 1. The molecule has 1 aromatic heterocycles. The Morgan fingerprint density at radius 3 is 2.60 bits per heavy atom. The molecule has 0 unspecified atom stereocenters. The van der Waals surface area contributed by atoms with Crippen molar-refractivity contribution in [1.82, 2.24) is 4.98 Å². The van der Waals surface area contributed by atoms with Crippen LogP contribution in [0.2, 0.25) is 5.02 Å². The van der Waals surface area contributed by atoms with Crippen molar-refractivity contribution in [3.63, 3.8) is 0 Å². The van der Waals surface area contributed by atoms with Gasteiger partial charge < -0.3 is 9.52 Å². The van der Waals surface area contributed by atoms with Crippen LogP contribution in [-0.2, 0) is 0 Å². The number of aromatic carboxylic acids is 1. The lowest BCUT2D eigenvalue weighted by Gasteiger charge is -1.97.